The summed E-state index contributed by atoms with van der Waals surface area (Å²) in [7, 11) is 0. The lowest BCUT2D eigenvalue weighted by Gasteiger charge is -2.32. The third kappa shape index (κ3) is 13.1. The largest absolute Gasteiger partial charge is 0.480 e. The number of aliphatic carboxylic acids is 1. The van der Waals surface area contributed by atoms with E-state index in [-0.39, 0.29) is 57.2 Å². The minimum Gasteiger partial charge on any atom is -0.480 e. The van der Waals surface area contributed by atoms with Crippen LogP contribution in [0.4, 0.5) is 0 Å². The molecule has 2 rings (SSSR count). The summed E-state index contributed by atoms with van der Waals surface area (Å²) in [6.07, 6.45) is 0.238. The number of nitrogens with two attached hydrogens (primary N) is 3. The van der Waals surface area contributed by atoms with Gasteiger partial charge in [0.1, 0.15) is 36.3 Å². The molecule has 14 N–H and O–H groups in total. The first-order valence-electron chi connectivity index (χ1n) is 17.7. The van der Waals surface area contributed by atoms with Gasteiger partial charge in [0.15, 0.2) is 5.96 Å². The number of nitrogens with one attached hydrogen (secondary N) is 4. The van der Waals surface area contributed by atoms with Gasteiger partial charge in [-0.05, 0) is 57.8 Å². The van der Waals surface area contributed by atoms with Crippen LogP contribution in [0.2, 0.25) is 0 Å². The SMILES string of the molecule is CC(C)C[C@H](N)C(=O)N[C@H](C(=O)N[C@@H](CCCN=C(N)N)C(=O)N1CCC[C@H]1C(=O)N[C@@H](CO)C(=O)N1CCC[C@H]1C(=O)N[C@@H](CO)C(=O)O)[C@@H](C)O. The van der Waals surface area contributed by atoms with Gasteiger partial charge >= 0.3 is 5.97 Å². The number of carbonyl (C=O) groups excluding carboxylic acids is 6. The fraction of sp³-hybridized carbons (Fsp3) is 0.750. The fourth-order valence-corrected chi connectivity index (χ4v) is 6.22. The highest BCUT2D eigenvalue weighted by atomic mass is 16.4. The molecule has 6 amide bonds. The molecule has 0 aromatic rings. The Hall–Kier alpha value is -4.60. The molecule has 0 aliphatic carbocycles. The average molecular weight is 757 g/mol. The van der Waals surface area contributed by atoms with Crippen LogP contribution in [0, 0.1) is 5.92 Å². The second-order valence-corrected chi connectivity index (χ2v) is 13.7. The number of nitrogens with zero attached hydrogens (tertiary/aromatic N) is 3. The van der Waals surface area contributed by atoms with E-state index in [9.17, 15) is 54.0 Å². The zero-order valence-electron chi connectivity index (χ0n) is 30.4. The molecule has 2 aliphatic rings. The summed E-state index contributed by atoms with van der Waals surface area (Å²) < 4.78 is 0. The molecule has 8 atom stereocenters. The van der Waals surface area contributed by atoms with Crippen molar-refractivity contribution in [1.29, 1.82) is 0 Å². The zero-order chi connectivity index (χ0) is 40.0. The van der Waals surface area contributed by atoms with Crippen molar-refractivity contribution in [1.82, 2.24) is 31.1 Å². The number of rotatable bonds is 20. The second kappa shape index (κ2) is 21.2. The van der Waals surface area contributed by atoms with Crippen LogP contribution in [0.5, 0.6) is 0 Å². The van der Waals surface area contributed by atoms with Crippen LogP contribution in [0.25, 0.3) is 0 Å². The highest BCUT2D eigenvalue weighted by molar-refractivity contribution is 5.97. The number of carboxylic acids is 1. The number of carboxylic acid groups (broad SMARTS) is 1. The molecule has 0 saturated carbocycles. The smallest absolute Gasteiger partial charge is 0.328 e. The second-order valence-electron chi connectivity index (χ2n) is 13.7. The summed E-state index contributed by atoms with van der Waals surface area (Å²) in [4.78, 5) is 97.5. The van der Waals surface area contributed by atoms with Crippen molar-refractivity contribution in [3.63, 3.8) is 0 Å². The van der Waals surface area contributed by atoms with Crippen LogP contribution < -0.4 is 38.5 Å². The van der Waals surface area contributed by atoms with Gasteiger partial charge in [-0.15, -0.1) is 0 Å². The average Bonchev–Trinajstić information content (AvgIpc) is 3.79. The number of carbonyl (C=O) groups is 7. The van der Waals surface area contributed by atoms with E-state index in [0.29, 0.717) is 19.3 Å². The van der Waals surface area contributed by atoms with Gasteiger partial charge in [0.05, 0.1) is 25.4 Å². The first-order chi connectivity index (χ1) is 24.9. The summed E-state index contributed by atoms with van der Waals surface area (Å²) in [5.74, 6) is -6.23. The summed E-state index contributed by atoms with van der Waals surface area (Å²) in [6.45, 7) is 3.55. The van der Waals surface area contributed by atoms with E-state index in [1.54, 1.807) is 0 Å². The van der Waals surface area contributed by atoms with E-state index in [2.05, 4.69) is 26.3 Å². The number of aliphatic imine (C=N–C) groups is 1. The van der Waals surface area contributed by atoms with Crippen LogP contribution in [-0.4, -0.2) is 159 Å². The van der Waals surface area contributed by atoms with Crippen molar-refractivity contribution < 1.29 is 54.0 Å². The molecule has 0 bridgehead atoms. The number of likely N-dealkylation sites (tertiary alicyclic amines) is 2. The summed E-state index contributed by atoms with van der Waals surface area (Å²) in [5, 5.41) is 48.6. The van der Waals surface area contributed by atoms with Gasteiger partial charge in [0, 0.05) is 19.6 Å². The van der Waals surface area contributed by atoms with E-state index in [1.807, 2.05) is 13.8 Å². The third-order valence-corrected chi connectivity index (χ3v) is 8.96. The predicted molar refractivity (Wildman–Crippen MR) is 188 cm³/mol. The summed E-state index contributed by atoms with van der Waals surface area (Å²) in [6, 6.07) is -9.04. The number of aliphatic hydroxyl groups excluding tert-OH is 3. The standard InChI is InChI=1S/C32H56N10O11/c1-16(2)13-18(33)25(46)40-24(17(3)45)28(49)37-19(7-4-10-36-32(34)35)29(50)41-11-5-8-22(41)26(47)38-20(14-43)30(51)42-12-6-9-23(42)27(48)39-21(15-44)31(52)53/h16-24,43-45H,4-15,33H2,1-3H3,(H,37,49)(H,38,47)(H,39,48)(H,40,46)(H,52,53)(H4,34,35,36)/t17-,18+,19+,20+,21+,22+,23+,24+/m1/s1. The summed E-state index contributed by atoms with van der Waals surface area (Å²) in [5.41, 5.74) is 16.8. The Kier molecular flexibility index (Phi) is 17.8. The quantitative estimate of drug-likeness (QED) is 0.0314. The van der Waals surface area contributed by atoms with Gasteiger partial charge in [0.25, 0.3) is 0 Å². The van der Waals surface area contributed by atoms with Crippen molar-refractivity contribution in [3.05, 3.63) is 0 Å². The Balaban J connectivity index is 2.23. The molecule has 0 radical (unpaired) electrons. The highest BCUT2D eigenvalue weighted by Gasteiger charge is 2.42. The molecular weight excluding hydrogens is 700 g/mol. The van der Waals surface area contributed by atoms with E-state index < -0.39 is 103 Å². The number of hydrogen-bond acceptors (Lipinski definition) is 12. The van der Waals surface area contributed by atoms with Crippen LogP contribution in [0.1, 0.15) is 65.7 Å². The van der Waals surface area contributed by atoms with Gasteiger partial charge in [-0.1, -0.05) is 13.8 Å². The molecule has 0 aromatic heterocycles. The minimum absolute atomic E-state index is 0.00525. The van der Waals surface area contributed by atoms with Crippen molar-refractivity contribution in [3.8, 4) is 0 Å². The van der Waals surface area contributed by atoms with Gasteiger partial charge in [-0.25, -0.2) is 4.79 Å². The van der Waals surface area contributed by atoms with E-state index in [1.165, 1.54) is 11.8 Å². The van der Waals surface area contributed by atoms with E-state index in [4.69, 9.17) is 17.2 Å². The topological polar surface area (TPSA) is 345 Å². The predicted octanol–water partition coefficient (Wildman–Crippen LogP) is -5.22. The monoisotopic (exact) mass is 756 g/mol. The maximum atomic E-state index is 14.0. The number of amides is 6. The number of aliphatic hydroxyl groups is 3. The third-order valence-electron chi connectivity index (χ3n) is 8.96. The highest BCUT2D eigenvalue weighted by Crippen LogP contribution is 2.22. The molecule has 21 nitrogen and oxygen atoms in total. The molecule has 2 aliphatic heterocycles. The normalized spacial score (nSPS) is 20.4. The molecule has 0 aromatic carbocycles. The molecule has 21 heteroatoms. The van der Waals surface area contributed by atoms with Crippen molar-refractivity contribution in [2.75, 3.05) is 32.8 Å². The minimum atomic E-state index is -1.59. The molecule has 2 fully saturated rings. The van der Waals surface area contributed by atoms with E-state index >= 15 is 0 Å². The fourth-order valence-electron chi connectivity index (χ4n) is 6.22. The van der Waals surface area contributed by atoms with Crippen LogP contribution >= 0.6 is 0 Å². The van der Waals surface area contributed by atoms with Crippen molar-refractivity contribution in [2.24, 2.45) is 28.1 Å². The molecule has 0 spiro atoms. The molecule has 2 heterocycles. The molecular formula is C32H56N10O11. The van der Waals surface area contributed by atoms with Crippen LogP contribution in [0.15, 0.2) is 4.99 Å². The van der Waals surface area contributed by atoms with Crippen LogP contribution in [0.3, 0.4) is 0 Å². The van der Waals surface area contributed by atoms with Crippen molar-refractivity contribution >= 4 is 47.4 Å². The maximum Gasteiger partial charge on any atom is 0.328 e. The lowest BCUT2D eigenvalue weighted by Crippen LogP contribution is -2.61. The Bertz CT molecular complexity index is 1340. The molecule has 0 unspecified atom stereocenters. The Morgan fingerprint density at radius 3 is 1.74 bits per heavy atom. The lowest BCUT2D eigenvalue weighted by atomic mass is 10.0. The zero-order valence-corrected chi connectivity index (χ0v) is 30.4. The molecule has 2 saturated heterocycles. The van der Waals surface area contributed by atoms with Gasteiger partial charge in [0.2, 0.25) is 35.4 Å². The Labute approximate surface area is 307 Å². The number of hydrogen-bond donors (Lipinski definition) is 11. The Morgan fingerprint density at radius 2 is 1.28 bits per heavy atom. The molecule has 300 valence electrons. The maximum absolute atomic E-state index is 14.0. The van der Waals surface area contributed by atoms with Crippen molar-refractivity contribution in [2.45, 2.75) is 114 Å². The Morgan fingerprint density at radius 1 is 0.774 bits per heavy atom. The molecule has 53 heavy (non-hydrogen) atoms. The first-order valence-corrected chi connectivity index (χ1v) is 17.7. The lowest BCUT2D eigenvalue weighted by molar-refractivity contribution is -0.146. The first kappa shape index (κ1) is 44.6. The summed E-state index contributed by atoms with van der Waals surface area (Å²) >= 11 is 0. The van der Waals surface area contributed by atoms with Gasteiger partial charge in [-0.3, -0.25) is 33.8 Å². The van der Waals surface area contributed by atoms with Gasteiger partial charge in [-0.2, -0.15) is 0 Å². The van der Waals surface area contributed by atoms with E-state index in [0.717, 1.165) is 4.90 Å². The van der Waals surface area contributed by atoms with Gasteiger partial charge < -0.3 is 68.7 Å². The number of guanidine groups is 1. The van der Waals surface area contributed by atoms with Crippen LogP contribution in [-0.2, 0) is 33.6 Å².